The number of hydrogen-bond donors (Lipinski definition) is 0. The van der Waals surface area contributed by atoms with E-state index >= 15 is 0 Å². The third kappa shape index (κ3) is 1.67. The van der Waals surface area contributed by atoms with Gasteiger partial charge >= 0.3 is 5.35 Å². The minimum absolute atomic E-state index is 0.0562. The van der Waals surface area contributed by atoms with Crippen molar-refractivity contribution in [1.82, 2.24) is 10.2 Å². The highest BCUT2D eigenvalue weighted by molar-refractivity contribution is 6.27. The van der Waals surface area contributed by atoms with Crippen LogP contribution in [0.5, 0.6) is 0 Å². The molecule has 5 heteroatoms. The normalized spacial score (nSPS) is 10.3. The van der Waals surface area contributed by atoms with Gasteiger partial charge in [-0.05, 0) is 29.8 Å². The molecule has 0 atom stereocenters. The van der Waals surface area contributed by atoms with E-state index in [1.165, 1.54) is 12.1 Å². The number of hydrogen-bond acceptors (Lipinski definition) is 3. The molecule has 1 aromatic carbocycles. The average molecular weight is 199 g/mol. The Morgan fingerprint density at radius 3 is 2.77 bits per heavy atom. The van der Waals surface area contributed by atoms with Crippen LogP contribution < -0.4 is 0 Å². The lowest BCUT2D eigenvalue weighted by Gasteiger charge is -1.92. The van der Waals surface area contributed by atoms with Gasteiger partial charge < -0.3 is 4.42 Å². The second kappa shape index (κ2) is 3.14. The van der Waals surface area contributed by atoms with E-state index in [0.717, 1.165) is 0 Å². The Labute approximate surface area is 78.2 Å². The molecule has 2 aromatic rings. The first kappa shape index (κ1) is 8.19. The SMILES string of the molecule is Fc1cccc(-c2nnc(Cl)o2)c1. The summed E-state index contributed by atoms with van der Waals surface area (Å²) in [6.07, 6.45) is 0. The molecule has 1 heterocycles. The minimum atomic E-state index is -0.355. The Morgan fingerprint density at radius 1 is 1.31 bits per heavy atom. The van der Waals surface area contributed by atoms with Crippen molar-refractivity contribution >= 4 is 11.6 Å². The molecule has 0 saturated carbocycles. The van der Waals surface area contributed by atoms with Crippen molar-refractivity contribution < 1.29 is 8.81 Å². The highest BCUT2D eigenvalue weighted by atomic mass is 35.5. The van der Waals surface area contributed by atoms with Crippen molar-refractivity contribution in [2.24, 2.45) is 0 Å². The molecule has 2 rings (SSSR count). The van der Waals surface area contributed by atoms with E-state index in [1.807, 2.05) is 0 Å². The Bertz CT molecular complexity index is 430. The number of halogens is 2. The molecule has 0 aliphatic heterocycles. The van der Waals surface area contributed by atoms with Crippen LogP contribution in [0.15, 0.2) is 28.7 Å². The quantitative estimate of drug-likeness (QED) is 0.707. The fraction of sp³-hybridized carbons (Fsp3) is 0. The van der Waals surface area contributed by atoms with E-state index in [1.54, 1.807) is 12.1 Å². The van der Waals surface area contributed by atoms with E-state index in [0.29, 0.717) is 5.56 Å². The van der Waals surface area contributed by atoms with Crippen molar-refractivity contribution in [3.05, 3.63) is 35.4 Å². The fourth-order valence-corrected chi connectivity index (χ4v) is 1.05. The standard InChI is InChI=1S/C8H4ClFN2O/c9-8-12-11-7(13-8)5-2-1-3-6(10)4-5/h1-4H. The zero-order valence-corrected chi connectivity index (χ0v) is 7.12. The zero-order valence-electron chi connectivity index (χ0n) is 6.37. The predicted octanol–water partition coefficient (Wildman–Crippen LogP) is 2.53. The van der Waals surface area contributed by atoms with Gasteiger partial charge in [-0.1, -0.05) is 11.2 Å². The molecule has 0 N–H and O–H groups in total. The topological polar surface area (TPSA) is 38.9 Å². The fourth-order valence-electron chi connectivity index (χ4n) is 0.943. The van der Waals surface area contributed by atoms with Crippen LogP contribution in [0.4, 0.5) is 4.39 Å². The summed E-state index contributed by atoms with van der Waals surface area (Å²) in [4.78, 5) is 0. The second-order valence-corrected chi connectivity index (χ2v) is 2.69. The summed E-state index contributed by atoms with van der Waals surface area (Å²) in [7, 11) is 0. The van der Waals surface area contributed by atoms with Gasteiger partial charge in [0.2, 0.25) is 5.89 Å². The van der Waals surface area contributed by atoms with Crippen LogP contribution in [0, 0.1) is 5.82 Å². The Kier molecular flexibility index (Phi) is 1.98. The third-order valence-electron chi connectivity index (χ3n) is 1.47. The predicted molar refractivity (Wildman–Crippen MR) is 44.7 cm³/mol. The molecule has 0 spiro atoms. The van der Waals surface area contributed by atoms with Gasteiger partial charge in [0.15, 0.2) is 0 Å². The summed E-state index contributed by atoms with van der Waals surface area (Å²) in [5.41, 5.74) is 0.513. The summed E-state index contributed by atoms with van der Waals surface area (Å²) < 4.78 is 17.6. The maximum absolute atomic E-state index is 12.7. The monoisotopic (exact) mass is 198 g/mol. The lowest BCUT2D eigenvalue weighted by Crippen LogP contribution is -1.79. The summed E-state index contributed by atoms with van der Waals surface area (Å²) >= 11 is 5.42. The van der Waals surface area contributed by atoms with Gasteiger partial charge in [0.1, 0.15) is 5.82 Å². The first-order valence-corrected chi connectivity index (χ1v) is 3.88. The molecule has 1 aromatic heterocycles. The van der Waals surface area contributed by atoms with Crippen LogP contribution in [-0.2, 0) is 0 Å². The van der Waals surface area contributed by atoms with E-state index < -0.39 is 0 Å². The summed E-state index contributed by atoms with van der Waals surface area (Å²) in [6, 6.07) is 5.85. The van der Waals surface area contributed by atoms with E-state index in [2.05, 4.69) is 10.2 Å². The van der Waals surface area contributed by atoms with Gasteiger partial charge in [0.25, 0.3) is 0 Å². The van der Waals surface area contributed by atoms with Gasteiger partial charge in [0, 0.05) is 5.56 Å². The molecule has 0 saturated heterocycles. The van der Waals surface area contributed by atoms with Gasteiger partial charge in [-0.25, -0.2) is 4.39 Å². The molecular formula is C8H4ClFN2O. The van der Waals surface area contributed by atoms with Crippen molar-refractivity contribution in [2.75, 3.05) is 0 Å². The number of aromatic nitrogens is 2. The largest absolute Gasteiger partial charge is 0.407 e. The average Bonchev–Trinajstić information content (AvgIpc) is 2.52. The van der Waals surface area contributed by atoms with Crippen LogP contribution in [0.1, 0.15) is 0 Å². The number of rotatable bonds is 1. The molecule has 3 nitrogen and oxygen atoms in total. The Morgan fingerprint density at radius 2 is 2.15 bits per heavy atom. The smallest absolute Gasteiger partial charge is 0.313 e. The molecule has 0 amide bonds. The van der Waals surface area contributed by atoms with Gasteiger partial charge in [-0.15, -0.1) is 5.10 Å². The molecule has 0 radical (unpaired) electrons. The van der Waals surface area contributed by atoms with Crippen molar-refractivity contribution in [1.29, 1.82) is 0 Å². The molecule has 0 fully saturated rings. The van der Waals surface area contributed by atoms with Crippen LogP contribution in [-0.4, -0.2) is 10.2 Å². The number of benzene rings is 1. The highest BCUT2D eigenvalue weighted by Gasteiger charge is 2.06. The van der Waals surface area contributed by atoms with Crippen molar-refractivity contribution in [3.8, 4) is 11.5 Å². The summed E-state index contributed by atoms with van der Waals surface area (Å²) in [5.74, 6) is -0.142. The van der Waals surface area contributed by atoms with Crippen molar-refractivity contribution in [3.63, 3.8) is 0 Å². The maximum Gasteiger partial charge on any atom is 0.313 e. The summed E-state index contributed by atoms with van der Waals surface area (Å²) in [6.45, 7) is 0. The highest BCUT2D eigenvalue weighted by Crippen LogP contribution is 2.19. The second-order valence-electron chi connectivity index (χ2n) is 2.37. The zero-order chi connectivity index (χ0) is 9.26. The van der Waals surface area contributed by atoms with Crippen LogP contribution in [0.3, 0.4) is 0 Å². The summed E-state index contributed by atoms with van der Waals surface area (Å²) in [5, 5.41) is 7.00. The molecule has 0 unspecified atom stereocenters. The van der Waals surface area contributed by atoms with E-state index in [-0.39, 0.29) is 17.1 Å². The van der Waals surface area contributed by atoms with Gasteiger partial charge in [-0.2, -0.15) is 0 Å². The molecule has 0 bridgehead atoms. The van der Waals surface area contributed by atoms with E-state index in [4.69, 9.17) is 16.0 Å². The maximum atomic E-state index is 12.7. The van der Waals surface area contributed by atoms with Crippen LogP contribution in [0.25, 0.3) is 11.5 Å². The van der Waals surface area contributed by atoms with Crippen LogP contribution >= 0.6 is 11.6 Å². The van der Waals surface area contributed by atoms with Gasteiger partial charge in [0.05, 0.1) is 0 Å². The van der Waals surface area contributed by atoms with Gasteiger partial charge in [-0.3, -0.25) is 0 Å². The molecule has 0 aliphatic carbocycles. The first-order valence-electron chi connectivity index (χ1n) is 3.50. The minimum Gasteiger partial charge on any atom is -0.407 e. The van der Waals surface area contributed by atoms with Crippen LogP contribution in [0.2, 0.25) is 5.35 Å². The molecule has 13 heavy (non-hydrogen) atoms. The first-order chi connectivity index (χ1) is 6.25. The molecular weight excluding hydrogens is 195 g/mol. The lowest BCUT2D eigenvalue weighted by molar-refractivity contribution is 0.569. The molecule has 0 aliphatic rings. The van der Waals surface area contributed by atoms with Crippen molar-refractivity contribution in [2.45, 2.75) is 0 Å². The third-order valence-corrected chi connectivity index (χ3v) is 1.62. The number of nitrogens with zero attached hydrogens (tertiary/aromatic N) is 2. The Balaban J connectivity index is 2.46. The Hall–Kier alpha value is -1.42. The lowest BCUT2D eigenvalue weighted by atomic mass is 10.2. The molecule has 66 valence electrons. The van der Waals surface area contributed by atoms with E-state index in [9.17, 15) is 4.39 Å².